The summed E-state index contributed by atoms with van der Waals surface area (Å²) in [5.41, 5.74) is -1.63. The van der Waals surface area contributed by atoms with Crippen LogP contribution >= 0.6 is 24.1 Å². The van der Waals surface area contributed by atoms with Gasteiger partial charge in [-0.15, -0.1) is 4.52 Å². The molecule has 6 atom stereocenters. The summed E-state index contributed by atoms with van der Waals surface area (Å²) >= 11 is 2.69. The van der Waals surface area contributed by atoms with Crippen LogP contribution in [0.25, 0.3) is 0 Å². The van der Waals surface area contributed by atoms with Crippen LogP contribution in [0.4, 0.5) is 4.39 Å². The Bertz CT molecular complexity index is 876. The number of esters is 1. The van der Waals surface area contributed by atoms with E-state index in [-0.39, 0.29) is 6.10 Å². The van der Waals surface area contributed by atoms with Crippen molar-refractivity contribution in [3.63, 3.8) is 0 Å². The first kappa shape index (κ1) is 23.8. The Morgan fingerprint density at radius 3 is 2.76 bits per heavy atom. The van der Waals surface area contributed by atoms with Crippen LogP contribution in [0.5, 0.6) is 0 Å². The zero-order valence-corrected chi connectivity index (χ0v) is 18.2. The smallest absolute Gasteiger partial charge is 0.462 e. The van der Waals surface area contributed by atoms with E-state index in [0.29, 0.717) is 0 Å². The Kier molecular flexibility index (Phi) is 7.82. The average Bonchev–Trinajstić information content (AvgIpc) is 2.82. The van der Waals surface area contributed by atoms with Crippen molar-refractivity contribution >= 4 is 30.1 Å². The third-order valence-corrected chi connectivity index (χ3v) is 5.69. The van der Waals surface area contributed by atoms with E-state index < -0.39 is 61.1 Å². The largest absolute Gasteiger partial charge is 0.613 e. The summed E-state index contributed by atoms with van der Waals surface area (Å²) in [5, 5.41) is 12.6. The molecule has 14 heteroatoms. The number of hydrogen-bond acceptors (Lipinski definition) is 8. The van der Waals surface area contributed by atoms with E-state index in [1.165, 1.54) is 6.92 Å². The van der Waals surface area contributed by atoms with Gasteiger partial charge in [-0.05, 0) is 41.3 Å². The third kappa shape index (κ3) is 5.77. The van der Waals surface area contributed by atoms with E-state index in [1.54, 1.807) is 13.8 Å². The molecule has 2 heterocycles. The maximum atomic E-state index is 14.9. The van der Waals surface area contributed by atoms with E-state index in [4.69, 9.17) is 14.0 Å². The Balaban J connectivity index is 2.00. The van der Waals surface area contributed by atoms with Crippen LogP contribution in [0.15, 0.2) is 21.9 Å². The number of rotatable bonds is 8. The molecule has 1 saturated heterocycles. The highest BCUT2D eigenvalue weighted by atomic mass is 79.9. The Hall–Kier alpha value is -1.50. The molecular weight excluding hydrogens is 480 g/mol. The quantitative estimate of drug-likeness (QED) is 0.262. The van der Waals surface area contributed by atoms with Gasteiger partial charge in [-0.1, -0.05) is 5.09 Å². The van der Waals surface area contributed by atoms with Crippen LogP contribution in [0.2, 0.25) is 0 Å². The lowest BCUT2D eigenvalue weighted by atomic mass is 10.1. The van der Waals surface area contributed by atoms with Gasteiger partial charge in [0.2, 0.25) is 4.58 Å². The van der Waals surface area contributed by atoms with Crippen molar-refractivity contribution in [2.75, 3.05) is 6.61 Å². The molecule has 0 amide bonds. The van der Waals surface area contributed by atoms with Crippen molar-refractivity contribution in [1.29, 1.82) is 0 Å². The highest BCUT2D eigenvalue weighted by Gasteiger charge is 2.57. The molecule has 0 saturated carbocycles. The molecule has 1 aromatic rings. The van der Waals surface area contributed by atoms with Crippen molar-refractivity contribution < 1.29 is 32.9 Å². The van der Waals surface area contributed by atoms with Crippen LogP contribution in [-0.4, -0.2) is 56.2 Å². The molecule has 0 aromatic carbocycles. The Morgan fingerprint density at radius 2 is 2.17 bits per heavy atom. The molecule has 0 spiro atoms. The van der Waals surface area contributed by atoms with Crippen LogP contribution in [-0.2, 0) is 23.4 Å². The first-order chi connectivity index (χ1) is 13.4. The van der Waals surface area contributed by atoms with Crippen molar-refractivity contribution in [1.82, 2.24) is 14.6 Å². The number of carbonyl (C=O) groups is 1. The molecule has 1 aliphatic rings. The predicted octanol–water partition coefficient (Wildman–Crippen LogP) is 0.459. The van der Waals surface area contributed by atoms with E-state index in [1.807, 2.05) is 4.98 Å². The van der Waals surface area contributed by atoms with Crippen LogP contribution in [0.3, 0.4) is 0 Å². The maximum absolute atomic E-state index is 14.9. The topological polar surface area (TPSA) is 149 Å². The van der Waals surface area contributed by atoms with Gasteiger partial charge >= 0.3 is 19.8 Å². The number of aromatic nitrogens is 2. The van der Waals surface area contributed by atoms with Gasteiger partial charge in [0.1, 0.15) is 24.9 Å². The second-order valence-electron chi connectivity index (χ2n) is 6.55. The number of aliphatic hydroxyl groups is 1. The number of ether oxygens (including phenoxy) is 2. The number of aliphatic hydroxyl groups excluding tert-OH is 1. The summed E-state index contributed by atoms with van der Waals surface area (Å²) in [5.74, 6) is -0.634. The summed E-state index contributed by atoms with van der Waals surface area (Å²) in [7, 11) is -2.57. The van der Waals surface area contributed by atoms with Gasteiger partial charge in [0.25, 0.3) is 5.56 Å². The minimum atomic E-state index is -2.59. The number of hydrogen-bond donors (Lipinski definition) is 3. The average molecular weight is 501 g/mol. The molecule has 0 aliphatic carbocycles. The number of alkyl halides is 2. The molecule has 3 N–H and O–H groups in total. The fourth-order valence-corrected chi connectivity index (χ4v) is 3.84. The van der Waals surface area contributed by atoms with Crippen molar-refractivity contribution in [3.05, 3.63) is 33.1 Å². The second-order valence-corrected chi connectivity index (χ2v) is 8.80. The first-order valence-corrected chi connectivity index (χ1v) is 10.5. The lowest BCUT2D eigenvalue weighted by Gasteiger charge is -2.22. The Morgan fingerprint density at radius 1 is 1.52 bits per heavy atom. The van der Waals surface area contributed by atoms with E-state index in [2.05, 4.69) is 21.0 Å². The van der Waals surface area contributed by atoms with Gasteiger partial charge in [-0.25, -0.2) is 9.18 Å². The van der Waals surface area contributed by atoms with Crippen LogP contribution in [0, 0.1) is 0 Å². The predicted molar refractivity (Wildman–Crippen MR) is 101 cm³/mol. The fraction of sp³-hybridized carbons (Fsp3) is 0.667. The highest BCUT2D eigenvalue weighted by Crippen LogP contribution is 2.45. The monoisotopic (exact) mass is 500 g/mol. The molecule has 2 rings (SSSR count). The van der Waals surface area contributed by atoms with Crippen LogP contribution < -0.4 is 16.3 Å². The summed E-state index contributed by atoms with van der Waals surface area (Å²) in [6, 6.07) is 0.0574. The zero-order valence-electron chi connectivity index (χ0n) is 15.7. The standard InChI is InChI=1S/C15H20BrFN3O8P/c1-7(2)27-12(23)8(3)19-29(25)26-6-9-11(22)15(16,17)13(28-9)20-5-4-10(21)18-14(20)24/h4-5,7-9,11,13,22H,6H2,1-3H3,(H-,18,19,21,24,25)/p+1/t8-,9+,11+,13+,15-/m0/s1. The normalized spacial score (nSPS) is 28.4. The number of aromatic amines is 1. The summed E-state index contributed by atoms with van der Waals surface area (Å²) in [6.45, 7) is 4.23. The molecule has 29 heavy (non-hydrogen) atoms. The molecular formula is C15H21BrFN3O8P+. The number of halogens is 2. The van der Waals surface area contributed by atoms with Gasteiger partial charge in [-0.3, -0.25) is 19.1 Å². The lowest BCUT2D eigenvalue weighted by molar-refractivity contribution is -0.149. The van der Waals surface area contributed by atoms with Crippen LogP contribution in [0.1, 0.15) is 27.0 Å². The Labute approximate surface area is 173 Å². The third-order valence-electron chi connectivity index (χ3n) is 3.84. The van der Waals surface area contributed by atoms with Crippen molar-refractivity contribution in [2.45, 2.75) is 55.9 Å². The lowest BCUT2D eigenvalue weighted by Crippen LogP contribution is -2.41. The molecule has 1 unspecified atom stereocenters. The minimum absolute atomic E-state index is 0.350. The van der Waals surface area contributed by atoms with E-state index >= 15 is 0 Å². The van der Waals surface area contributed by atoms with E-state index in [0.717, 1.165) is 16.8 Å². The fourth-order valence-electron chi connectivity index (χ4n) is 2.44. The number of nitrogens with zero attached hydrogens (tertiary/aromatic N) is 1. The number of H-pyrrole nitrogens is 1. The molecule has 11 nitrogen and oxygen atoms in total. The second kappa shape index (κ2) is 9.54. The molecule has 0 radical (unpaired) electrons. The van der Waals surface area contributed by atoms with Crippen molar-refractivity contribution in [3.8, 4) is 0 Å². The molecule has 1 aliphatic heterocycles. The maximum Gasteiger partial charge on any atom is 0.613 e. The van der Waals surface area contributed by atoms with Gasteiger partial charge in [0.05, 0.1) is 6.10 Å². The summed E-state index contributed by atoms with van der Waals surface area (Å²) in [4.78, 5) is 36.7. The van der Waals surface area contributed by atoms with Gasteiger partial charge in [0.15, 0.2) is 6.23 Å². The zero-order chi connectivity index (χ0) is 21.9. The molecule has 0 bridgehead atoms. The SMILES string of the molecule is CC(C)OC(=O)[C@H](C)N[P+](=O)OC[C@H]1O[C@@H](n2ccc(=O)[nH]c2=O)[C@](F)(Br)[C@@H]1O. The highest BCUT2D eigenvalue weighted by molar-refractivity contribution is 9.10. The van der Waals surface area contributed by atoms with Gasteiger partial charge in [-0.2, -0.15) is 0 Å². The summed E-state index contributed by atoms with van der Waals surface area (Å²) < 4.78 is 40.4. The number of nitrogens with one attached hydrogen (secondary N) is 2. The van der Waals surface area contributed by atoms with Gasteiger partial charge < -0.3 is 14.6 Å². The molecule has 1 fully saturated rings. The van der Waals surface area contributed by atoms with E-state index in [9.17, 15) is 28.4 Å². The first-order valence-electron chi connectivity index (χ1n) is 8.53. The van der Waals surface area contributed by atoms with Crippen molar-refractivity contribution in [2.24, 2.45) is 0 Å². The van der Waals surface area contributed by atoms with Gasteiger partial charge in [0, 0.05) is 12.3 Å². The number of carbonyl (C=O) groups excluding carboxylic acids is 1. The summed E-state index contributed by atoms with van der Waals surface area (Å²) in [6.07, 6.45) is -4.06. The minimum Gasteiger partial charge on any atom is -0.462 e. The molecule has 1 aromatic heterocycles. The molecule has 162 valence electrons.